The SMILES string of the molecule is CCCN(Cc1nnc(-c2ccccc2Cl)o1)C(=O)Cc1cccs1. The van der Waals surface area contributed by atoms with Crippen molar-refractivity contribution in [1.82, 2.24) is 15.1 Å². The molecule has 0 aliphatic rings. The Morgan fingerprint density at radius 2 is 2.08 bits per heavy atom. The van der Waals surface area contributed by atoms with Crippen molar-refractivity contribution < 1.29 is 9.21 Å². The summed E-state index contributed by atoms with van der Waals surface area (Å²) in [5.74, 6) is 0.826. The number of hydrogen-bond donors (Lipinski definition) is 0. The lowest BCUT2D eigenvalue weighted by Gasteiger charge is -2.19. The molecule has 0 bridgehead atoms. The maximum absolute atomic E-state index is 12.6. The van der Waals surface area contributed by atoms with Gasteiger partial charge in [-0.25, -0.2) is 0 Å². The molecule has 0 spiro atoms. The van der Waals surface area contributed by atoms with E-state index in [1.807, 2.05) is 42.6 Å². The van der Waals surface area contributed by atoms with Gasteiger partial charge < -0.3 is 9.32 Å². The first-order valence-electron chi connectivity index (χ1n) is 8.04. The van der Waals surface area contributed by atoms with E-state index >= 15 is 0 Å². The van der Waals surface area contributed by atoms with Crippen LogP contribution in [0.3, 0.4) is 0 Å². The number of carbonyl (C=O) groups excluding carboxylic acids is 1. The Kier molecular flexibility index (Phi) is 5.83. The number of hydrogen-bond acceptors (Lipinski definition) is 5. The second-order valence-electron chi connectivity index (χ2n) is 5.55. The summed E-state index contributed by atoms with van der Waals surface area (Å²) in [5, 5.41) is 10.7. The largest absolute Gasteiger partial charge is 0.419 e. The predicted molar refractivity (Wildman–Crippen MR) is 98.5 cm³/mol. The van der Waals surface area contributed by atoms with E-state index in [0.29, 0.717) is 41.9 Å². The third-order valence-corrected chi connectivity index (χ3v) is 4.85. The average molecular weight is 376 g/mol. The van der Waals surface area contributed by atoms with E-state index in [1.54, 1.807) is 22.3 Å². The summed E-state index contributed by atoms with van der Waals surface area (Å²) in [6, 6.07) is 11.2. The van der Waals surface area contributed by atoms with Gasteiger partial charge in [-0.15, -0.1) is 21.5 Å². The fourth-order valence-electron chi connectivity index (χ4n) is 2.46. The monoisotopic (exact) mass is 375 g/mol. The van der Waals surface area contributed by atoms with Crippen molar-refractivity contribution in [3.05, 3.63) is 57.6 Å². The maximum atomic E-state index is 12.6. The lowest BCUT2D eigenvalue weighted by Crippen LogP contribution is -2.32. The van der Waals surface area contributed by atoms with E-state index in [4.69, 9.17) is 16.0 Å². The topological polar surface area (TPSA) is 59.2 Å². The second kappa shape index (κ2) is 8.27. The zero-order chi connectivity index (χ0) is 17.6. The first-order valence-corrected chi connectivity index (χ1v) is 9.30. The molecular formula is C18H18ClN3O2S. The van der Waals surface area contributed by atoms with Crippen LogP contribution in [0.4, 0.5) is 0 Å². The third-order valence-electron chi connectivity index (χ3n) is 3.65. The van der Waals surface area contributed by atoms with Crippen LogP contribution < -0.4 is 0 Å². The number of aromatic nitrogens is 2. The zero-order valence-electron chi connectivity index (χ0n) is 13.8. The minimum Gasteiger partial charge on any atom is -0.419 e. The molecule has 3 rings (SSSR count). The molecule has 25 heavy (non-hydrogen) atoms. The van der Waals surface area contributed by atoms with Gasteiger partial charge in [0.15, 0.2) is 0 Å². The average Bonchev–Trinajstić information content (AvgIpc) is 3.27. The Balaban J connectivity index is 1.72. The molecule has 0 saturated carbocycles. The predicted octanol–water partition coefficient (Wildman–Crippen LogP) is 4.43. The van der Waals surface area contributed by atoms with Crippen LogP contribution in [0.2, 0.25) is 5.02 Å². The van der Waals surface area contributed by atoms with Crippen molar-refractivity contribution in [1.29, 1.82) is 0 Å². The van der Waals surface area contributed by atoms with E-state index in [1.165, 1.54) is 0 Å². The molecule has 0 aliphatic heterocycles. The summed E-state index contributed by atoms with van der Waals surface area (Å²) in [6.45, 7) is 2.98. The highest BCUT2D eigenvalue weighted by molar-refractivity contribution is 7.10. The van der Waals surface area contributed by atoms with Crippen molar-refractivity contribution in [3.8, 4) is 11.5 Å². The van der Waals surface area contributed by atoms with Crippen LogP contribution in [0.15, 0.2) is 46.2 Å². The first kappa shape index (κ1) is 17.6. The third kappa shape index (κ3) is 4.46. The van der Waals surface area contributed by atoms with Crippen LogP contribution in [-0.2, 0) is 17.8 Å². The highest BCUT2D eigenvalue weighted by atomic mass is 35.5. The maximum Gasteiger partial charge on any atom is 0.249 e. The van der Waals surface area contributed by atoms with Gasteiger partial charge in [-0.05, 0) is 30.0 Å². The molecule has 0 atom stereocenters. The van der Waals surface area contributed by atoms with Gasteiger partial charge in [-0.3, -0.25) is 4.79 Å². The number of thiophene rings is 1. The summed E-state index contributed by atoms with van der Waals surface area (Å²) in [4.78, 5) is 15.4. The highest BCUT2D eigenvalue weighted by Gasteiger charge is 2.18. The molecule has 2 heterocycles. The van der Waals surface area contributed by atoms with Gasteiger partial charge >= 0.3 is 0 Å². The van der Waals surface area contributed by atoms with Gasteiger partial charge in [0.05, 0.1) is 23.6 Å². The van der Waals surface area contributed by atoms with Crippen molar-refractivity contribution in [2.24, 2.45) is 0 Å². The molecule has 0 radical (unpaired) electrons. The van der Waals surface area contributed by atoms with Gasteiger partial charge in [0, 0.05) is 11.4 Å². The van der Waals surface area contributed by atoms with Gasteiger partial charge in [0.25, 0.3) is 0 Å². The van der Waals surface area contributed by atoms with Crippen molar-refractivity contribution in [2.45, 2.75) is 26.3 Å². The van der Waals surface area contributed by atoms with Gasteiger partial charge in [-0.1, -0.05) is 36.7 Å². The zero-order valence-corrected chi connectivity index (χ0v) is 15.4. The fraction of sp³-hybridized carbons (Fsp3) is 0.278. The molecule has 7 heteroatoms. The molecule has 0 N–H and O–H groups in total. The van der Waals surface area contributed by atoms with Crippen molar-refractivity contribution >= 4 is 28.8 Å². The molecule has 0 unspecified atom stereocenters. The number of nitrogens with zero attached hydrogens (tertiary/aromatic N) is 3. The van der Waals surface area contributed by atoms with Crippen molar-refractivity contribution in [3.63, 3.8) is 0 Å². The number of rotatable bonds is 7. The van der Waals surface area contributed by atoms with E-state index < -0.39 is 0 Å². The number of halogens is 1. The van der Waals surface area contributed by atoms with Crippen molar-refractivity contribution in [2.75, 3.05) is 6.54 Å². The molecule has 5 nitrogen and oxygen atoms in total. The summed E-state index contributed by atoms with van der Waals surface area (Å²) in [5.41, 5.74) is 0.690. The van der Waals surface area contributed by atoms with Crippen LogP contribution in [0.25, 0.3) is 11.5 Å². The first-order chi connectivity index (χ1) is 12.2. The molecule has 2 aromatic heterocycles. The molecule has 0 saturated heterocycles. The van der Waals surface area contributed by atoms with Crippen LogP contribution in [-0.4, -0.2) is 27.5 Å². The van der Waals surface area contributed by atoms with E-state index in [2.05, 4.69) is 10.2 Å². The van der Waals surface area contributed by atoms with E-state index in [-0.39, 0.29) is 5.91 Å². The number of amides is 1. The fourth-order valence-corrected chi connectivity index (χ4v) is 3.37. The smallest absolute Gasteiger partial charge is 0.249 e. The molecular weight excluding hydrogens is 358 g/mol. The standard InChI is InChI=1S/C18H18ClN3O2S/c1-2-9-22(17(23)11-13-6-5-10-25-13)12-16-20-21-18(24-16)14-7-3-4-8-15(14)19/h3-8,10H,2,9,11-12H2,1H3. The molecule has 3 aromatic rings. The van der Waals surface area contributed by atoms with E-state index in [0.717, 1.165) is 11.3 Å². The van der Waals surface area contributed by atoms with E-state index in [9.17, 15) is 4.79 Å². The molecule has 0 aliphatic carbocycles. The van der Waals surface area contributed by atoms with Crippen LogP contribution in [0, 0.1) is 0 Å². The number of benzene rings is 1. The minimum atomic E-state index is 0.0572. The Hall–Kier alpha value is -2.18. The van der Waals surface area contributed by atoms with Crippen LogP contribution in [0.1, 0.15) is 24.1 Å². The molecule has 1 amide bonds. The Morgan fingerprint density at radius 3 is 2.80 bits per heavy atom. The van der Waals surface area contributed by atoms with Gasteiger partial charge in [-0.2, -0.15) is 0 Å². The summed E-state index contributed by atoms with van der Waals surface area (Å²) < 4.78 is 5.71. The van der Waals surface area contributed by atoms with Gasteiger partial charge in [0.2, 0.25) is 17.7 Å². The number of carbonyl (C=O) groups is 1. The second-order valence-corrected chi connectivity index (χ2v) is 6.99. The normalized spacial score (nSPS) is 10.8. The Labute approximate surface area is 155 Å². The van der Waals surface area contributed by atoms with Crippen LogP contribution in [0.5, 0.6) is 0 Å². The lowest BCUT2D eigenvalue weighted by molar-refractivity contribution is -0.131. The quantitative estimate of drug-likeness (QED) is 0.612. The van der Waals surface area contributed by atoms with Crippen LogP contribution >= 0.6 is 22.9 Å². The summed E-state index contributed by atoms with van der Waals surface area (Å²) in [7, 11) is 0. The Bertz CT molecular complexity index is 832. The Morgan fingerprint density at radius 1 is 1.24 bits per heavy atom. The van der Waals surface area contributed by atoms with Gasteiger partial charge in [0.1, 0.15) is 0 Å². The summed E-state index contributed by atoms with van der Waals surface area (Å²) >= 11 is 7.74. The summed E-state index contributed by atoms with van der Waals surface area (Å²) in [6.07, 6.45) is 1.25. The lowest BCUT2D eigenvalue weighted by atomic mass is 10.2. The molecule has 1 aromatic carbocycles. The minimum absolute atomic E-state index is 0.0572. The molecule has 130 valence electrons. The molecule has 0 fully saturated rings. The highest BCUT2D eigenvalue weighted by Crippen LogP contribution is 2.26.